The summed E-state index contributed by atoms with van der Waals surface area (Å²) >= 11 is 0. The Bertz CT molecular complexity index is 774. The molecule has 0 bridgehead atoms. The van der Waals surface area contributed by atoms with E-state index in [9.17, 15) is 24.8 Å². The largest absolute Gasteiger partial charge is 0.481 e. The summed E-state index contributed by atoms with van der Waals surface area (Å²) in [5, 5.41) is 26.5. The molecule has 0 aliphatic rings. The summed E-state index contributed by atoms with van der Waals surface area (Å²) in [4.78, 5) is 33.9. The first-order chi connectivity index (χ1) is 11.9. The zero-order valence-corrected chi connectivity index (χ0v) is 13.6. The number of carboxylic acid groups (broad SMARTS) is 1. The van der Waals surface area contributed by atoms with Crippen LogP contribution >= 0.6 is 0 Å². The molecule has 1 amide bonds. The maximum atomic E-state index is 12.1. The number of carboxylic acids is 1. The number of nitrogens with one attached hydrogen (secondary N) is 1. The number of aromatic nitrogens is 2. The number of hydrogen-bond donors (Lipinski definition) is 2. The van der Waals surface area contributed by atoms with Gasteiger partial charge in [-0.1, -0.05) is 37.3 Å². The minimum absolute atomic E-state index is 0.0922. The van der Waals surface area contributed by atoms with Gasteiger partial charge in [-0.25, -0.2) is 0 Å². The summed E-state index contributed by atoms with van der Waals surface area (Å²) in [5.74, 6) is -1.87. The van der Waals surface area contributed by atoms with E-state index in [1.54, 1.807) is 37.3 Å². The van der Waals surface area contributed by atoms with Crippen molar-refractivity contribution in [3.8, 4) is 0 Å². The molecule has 1 aromatic carbocycles. The van der Waals surface area contributed by atoms with Crippen LogP contribution in [0.2, 0.25) is 0 Å². The van der Waals surface area contributed by atoms with Crippen molar-refractivity contribution in [2.24, 2.45) is 0 Å². The van der Waals surface area contributed by atoms with Gasteiger partial charge in [0, 0.05) is 6.54 Å². The molecule has 0 saturated heterocycles. The highest BCUT2D eigenvalue weighted by molar-refractivity contribution is 5.83. The van der Waals surface area contributed by atoms with Gasteiger partial charge in [0.25, 0.3) is 0 Å². The average molecular weight is 346 g/mol. The van der Waals surface area contributed by atoms with E-state index in [4.69, 9.17) is 0 Å². The zero-order chi connectivity index (χ0) is 18.4. The van der Waals surface area contributed by atoms with Gasteiger partial charge in [-0.05, 0) is 16.9 Å². The van der Waals surface area contributed by atoms with E-state index >= 15 is 0 Å². The second-order valence-corrected chi connectivity index (χ2v) is 5.51. The van der Waals surface area contributed by atoms with Crippen LogP contribution in [0, 0.1) is 10.1 Å². The average Bonchev–Trinajstić information content (AvgIpc) is 3.05. The molecular formula is C16H18N4O5. The number of rotatable bonds is 8. The third kappa shape index (κ3) is 4.00. The van der Waals surface area contributed by atoms with Crippen LogP contribution in [0.4, 0.5) is 5.82 Å². The van der Waals surface area contributed by atoms with Crippen molar-refractivity contribution >= 4 is 17.7 Å². The minimum Gasteiger partial charge on any atom is -0.481 e. The van der Waals surface area contributed by atoms with Crippen molar-refractivity contribution in [1.82, 2.24) is 15.1 Å². The van der Waals surface area contributed by atoms with E-state index in [0.717, 1.165) is 4.68 Å². The van der Waals surface area contributed by atoms with Crippen LogP contribution in [-0.2, 0) is 21.5 Å². The van der Waals surface area contributed by atoms with Gasteiger partial charge in [0.1, 0.15) is 12.0 Å². The van der Waals surface area contributed by atoms with Gasteiger partial charge in [0.15, 0.2) is 0 Å². The lowest BCUT2D eigenvalue weighted by Gasteiger charge is -2.29. The van der Waals surface area contributed by atoms with Crippen LogP contribution in [0.15, 0.2) is 42.6 Å². The number of carbonyl (C=O) groups excluding carboxylic acids is 1. The summed E-state index contributed by atoms with van der Waals surface area (Å²) in [6.45, 7) is 1.41. The number of nitro groups is 1. The highest BCUT2D eigenvalue weighted by Crippen LogP contribution is 2.27. The first-order valence-corrected chi connectivity index (χ1v) is 7.62. The molecule has 1 aromatic heterocycles. The molecule has 9 nitrogen and oxygen atoms in total. The van der Waals surface area contributed by atoms with Gasteiger partial charge in [-0.3, -0.25) is 9.59 Å². The molecule has 1 atom stereocenters. The zero-order valence-electron chi connectivity index (χ0n) is 13.6. The molecule has 1 heterocycles. The Hall–Kier alpha value is -3.23. The Morgan fingerprint density at radius 2 is 2.00 bits per heavy atom. The highest BCUT2D eigenvalue weighted by Gasteiger charge is 2.39. The maximum Gasteiger partial charge on any atom is 0.389 e. The molecule has 9 heteroatoms. The van der Waals surface area contributed by atoms with Gasteiger partial charge in [0.2, 0.25) is 5.91 Å². The van der Waals surface area contributed by atoms with Gasteiger partial charge >= 0.3 is 11.8 Å². The van der Waals surface area contributed by atoms with Gasteiger partial charge < -0.3 is 20.5 Å². The third-order valence-electron chi connectivity index (χ3n) is 4.05. The second-order valence-electron chi connectivity index (χ2n) is 5.51. The van der Waals surface area contributed by atoms with E-state index in [1.165, 1.54) is 12.3 Å². The van der Waals surface area contributed by atoms with Crippen molar-refractivity contribution in [2.45, 2.75) is 25.3 Å². The topological polar surface area (TPSA) is 127 Å². The molecule has 2 aromatic rings. The Balaban J connectivity index is 2.08. The molecule has 0 saturated carbocycles. The van der Waals surface area contributed by atoms with Crippen molar-refractivity contribution in [2.75, 3.05) is 6.54 Å². The molecule has 0 spiro atoms. The standard InChI is InChI=1S/C16H18N4O5/c1-2-16(15(22)23,12-6-4-3-5-7-12)11-17-14(21)10-19-9-8-13(18-19)20(24)25/h3-9H,2,10-11H2,1H3,(H,17,21)(H,22,23). The summed E-state index contributed by atoms with van der Waals surface area (Å²) in [6.07, 6.45) is 1.61. The third-order valence-corrected chi connectivity index (χ3v) is 4.05. The lowest BCUT2D eigenvalue weighted by molar-refractivity contribution is -0.389. The van der Waals surface area contributed by atoms with E-state index in [0.29, 0.717) is 12.0 Å². The summed E-state index contributed by atoms with van der Waals surface area (Å²) in [6, 6.07) is 9.88. The second kappa shape index (κ2) is 7.56. The van der Waals surface area contributed by atoms with Crippen LogP contribution < -0.4 is 5.32 Å². The smallest absolute Gasteiger partial charge is 0.389 e. The van der Waals surface area contributed by atoms with E-state index in [2.05, 4.69) is 10.4 Å². The molecule has 2 rings (SSSR count). The van der Waals surface area contributed by atoms with Crippen LogP contribution in [0.25, 0.3) is 0 Å². The van der Waals surface area contributed by atoms with Gasteiger partial charge in [-0.2, -0.15) is 4.68 Å². The van der Waals surface area contributed by atoms with Crippen LogP contribution in [0.3, 0.4) is 0 Å². The molecule has 132 valence electrons. The molecule has 1 unspecified atom stereocenters. The number of nitrogens with zero attached hydrogens (tertiary/aromatic N) is 3. The Morgan fingerprint density at radius 1 is 1.32 bits per heavy atom. The summed E-state index contributed by atoms with van der Waals surface area (Å²) in [5.41, 5.74) is -0.646. The number of carbonyl (C=O) groups is 2. The van der Waals surface area contributed by atoms with Crippen molar-refractivity contribution in [3.63, 3.8) is 0 Å². The molecule has 0 fully saturated rings. The number of amides is 1. The summed E-state index contributed by atoms with van der Waals surface area (Å²) < 4.78 is 1.13. The predicted octanol–water partition coefficient (Wildman–Crippen LogP) is 1.34. The first-order valence-electron chi connectivity index (χ1n) is 7.62. The molecular weight excluding hydrogens is 328 g/mol. The van der Waals surface area contributed by atoms with Crippen LogP contribution in [-0.4, -0.2) is 38.2 Å². The van der Waals surface area contributed by atoms with Gasteiger partial charge in [0.05, 0.1) is 17.4 Å². The normalized spacial score (nSPS) is 13.0. The van der Waals surface area contributed by atoms with Crippen molar-refractivity contribution < 1.29 is 19.6 Å². The lowest BCUT2D eigenvalue weighted by Crippen LogP contribution is -2.47. The predicted molar refractivity (Wildman–Crippen MR) is 87.9 cm³/mol. The van der Waals surface area contributed by atoms with Gasteiger partial charge in [-0.15, -0.1) is 0 Å². The Morgan fingerprint density at radius 3 is 2.52 bits per heavy atom. The van der Waals surface area contributed by atoms with Crippen molar-refractivity contribution in [1.29, 1.82) is 0 Å². The SMILES string of the molecule is CCC(CNC(=O)Cn1ccc([N+](=O)[O-])n1)(C(=O)O)c1ccccc1. The van der Waals surface area contributed by atoms with E-state index in [1.807, 2.05) is 0 Å². The van der Waals surface area contributed by atoms with E-state index < -0.39 is 22.2 Å². The number of hydrogen-bond acceptors (Lipinski definition) is 5. The number of aliphatic carboxylic acids is 1. The maximum absolute atomic E-state index is 12.1. The monoisotopic (exact) mass is 346 g/mol. The number of benzene rings is 1. The minimum atomic E-state index is -1.24. The molecule has 0 aliphatic heterocycles. The van der Waals surface area contributed by atoms with Crippen LogP contribution in [0.1, 0.15) is 18.9 Å². The Labute approximate surface area is 143 Å². The van der Waals surface area contributed by atoms with Crippen molar-refractivity contribution in [3.05, 3.63) is 58.3 Å². The van der Waals surface area contributed by atoms with E-state index in [-0.39, 0.29) is 18.9 Å². The fourth-order valence-electron chi connectivity index (χ4n) is 2.53. The first kappa shape index (κ1) is 18.1. The molecule has 0 radical (unpaired) electrons. The Kier molecular flexibility index (Phi) is 5.48. The quantitative estimate of drug-likeness (QED) is 0.548. The summed E-state index contributed by atoms with van der Waals surface area (Å²) in [7, 11) is 0. The fraction of sp³-hybridized carbons (Fsp3) is 0.312. The highest BCUT2D eigenvalue weighted by atomic mass is 16.6. The molecule has 25 heavy (non-hydrogen) atoms. The van der Waals surface area contributed by atoms with Crippen LogP contribution in [0.5, 0.6) is 0 Å². The fourth-order valence-corrected chi connectivity index (χ4v) is 2.53. The molecule has 0 aliphatic carbocycles. The lowest BCUT2D eigenvalue weighted by atomic mass is 9.78. The molecule has 2 N–H and O–H groups in total.